The molecule has 1 rings (SSSR count). The molecule has 0 aliphatic rings. The number of nitrogens with two attached hydrogens (primary N) is 1. The molecule has 0 radical (unpaired) electrons. The van der Waals surface area contributed by atoms with Crippen LogP contribution in [0, 0.1) is 0 Å². The zero-order valence-electron chi connectivity index (χ0n) is 8.58. The van der Waals surface area contributed by atoms with Crippen molar-refractivity contribution in [2.45, 2.75) is 12.6 Å². The number of rotatable bonds is 2. The van der Waals surface area contributed by atoms with Crippen molar-refractivity contribution in [1.29, 1.82) is 0 Å². The lowest BCUT2D eigenvalue weighted by Gasteiger charge is -2.06. The Bertz CT molecular complexity index is 314. The molecule has 0 fully saturated rings. The smallest absolute Gasteiger partial charge is 0.396 e. The third kappa shape index (κ3) is 8.32. The van der Waals surface area contributed by atoms with Gasteiger partial charge in [-0.3, -0.25) is 0 Å². The highest BCUT2D eigenvalue weighted by Gasteiger charge is 2.29. The minimum atomic E-state index is -4.25. The van der Waals surface area contributed by atoms with Gasteiger partial charge in [-0.15, -0.1) is 0 Å². The second-order valence-corrected chi connectivity index (χ2v) is 4.08. The number of hydrogen-bond acceptors (Lipinski definition) is 4. The summed E-state index contributed by atoms with van der Waals surface area (Å²) in [5.41, 5.74) is 5.47. The molecule has 0 atom stereocenters. The van der Waals surface area contributed by atoms with Gasteiger partial charge in [0.15, 0.2) is 0 Å². The Morgan fingerprint density at radius 3 is 1.88 bits per heavy atom. The van der Waals surface area contributed by atoms with Gasteiger partial charge >= 0.3 is 27.2 Å². The maximum atomic E-state index is 12.1. The quantitative estimate of drug-likeness (QED) is 0.528. The number of alkyl halides is 3. The van der Waals surface area contributed by atoms with Gasteiger partial charge in [0.1, 0.15) is 0 Å². The summed E-state index contributed by atoms with van der Waals surface area (Å²) < 4.78 is 60.7. The predicted octanol–water partition coefficient (Wildman–Crippen LogP) is -3.72. The first-order valence-electron chi connectivity index (χ1n) is 4.38. The van der Waals surface area contributed by atoms with Gasteiger partial charge in [-0.1, -0.05) is 12.1 Å². The summed E-state index contributed by atoms with van der Waals surface area (Å²) in [4.78, 5) is 0. The van der Waals surface area contributed by atoms with Crippen LogP contribution in [-0.2, 0) is 12.6 Å². The third-order valence-electron chi connectivity index (χ3n) is 1.71. The van der Waals surface area contributed by atoms with Crippen molar-refractivity contribution in [3.63, 3.8) is 0 Å². The lowest BCUT2D eigenvalue weighted by molar-refractivity contribution is -1.63. The topological polar surface area (TPSA) is 92.4 Å². The minimum Gasteiger partial charge on any atom is -0.396 e. The van der Waals surface area contributed by atoms with Crippen LogP contribution in [0.5, 0.6) is 0 Å². The lowest BCUT2D eigenvalue weighted by atomic mass is 10.1. The van der Waals surface area contributed by atoms with Gasteiger partial charge in [0.05, 0.1) is 5.56 Å². The van der Waals surface area contributed by atoms with Gasteiger partial charge in [0, 0.05) is 0 Å². The van der Waals surface area contributed by atoms with Crippen molar-refractivity contribution in [2.24, 2.45) is 5.73 Å². The fourth-order valence-corrected chi connectivity index (χ4v) is 1.03. The summed E-state index contributed by atoms with van der Waals surface area (Å²) in [6, 6.07) is 5.06. The highest BCUT2D eigenvalue weighted by atomic mass is 127. The number of benzene rings is 1. The molecule has 0 spiro atoms. The van der Waals surface area contributed by atoms with Crippen LogP contribution in [-0.4, -0.2) is 9.98 Å². The minimum absolute atomic E-state index is 0.450. The Labute approximate surface area is 105 Å². The lowest BCUT2D eigenvalue weighted by Crippen LogP contribution is -3.98. The van der Waals surface area contributed by atoms with E-state index in [2.05, 4.69) is 0 Å². The molecule has 17 heavy (non-hydrogen) atoms. The Morgan fingerprint density at radius 1 is 1.18 bits per heavy atom. The van der Waals surface area contributed by atoms with E-state index in [1.165, 1.54) is 12.1 Å². The van der Waals surface area contributed by atoms with Crippen LogP contribution < -0.4 is 33.7 Å². The van der Waals surface area contributed by atoms with E-state index in [9.17, 15) is 13.2 Å². The highest BCUT2D eigenvalue weighted by molar-refractivity contribution is 5.24. The Morgan fingerprint density at radius 2 is 1.59 bits per heavy atom. The Kier molecular flexibility index (Phi) is 7.63. The molecule has 0 aromatic heterocycles. The van der Waals surface area contributed by atoms with Crippen LogP contribution in [0.4, 0.5) is 13.2 Å². The van der Waals surface area contributed by atoms with Crippen LogP contribution in [0.3, 0.4) is 0 Å². The molecule has 0 heterocycles. The molecule has 98 valence electrons. The molecule has 1 aromatic carbocycles. The average Bonchev–Trinajstić information content (AvgIpc) is 2.16. The molecule has 0 saturated heterocycles. The van der Waals surface area contributed by atoms with E-state index in [1.54, 1.807) is 0 Å². The first-order valence-corrected chi connectivity index (χ1v) is 7.10. The highest BCUT2D eigenvalue weighted by Crippen LogP contribution is 2.28. The van der Waals surface area contributed by atoms with E-state index >= 15 is 0 Å². The second kappa shape index (κ2) is 7.82. The van der Waals surface area contributed by atoms with Crippen LogP contribution in [0.15, 0.2) is 24.3 Å². The summed E-state index contributed by atoms with van der Waals surface area (Å²) in [5, 5.41) is 0. The van der Waals surface area contributed by atoms with E-state index in [-0.39, 0.29) is 0 Å². The van der Waals surface area contributed by atoms with E-state index in [1.807, 2.05) is 0 Å². The molecule has 0 bridgehead atoms. The number of halogens is 4. The van der Waals surface area contributed by atoms with Gasteiger partial charge in [0.2, 0.25) is 0 Å². The fourth-order valence-electron chi connectivity index (χ4n) is 1.03. The number of hydrogen-bond donors (Lipinski definition) is 2. The summed E-state index contributed by atoms with van der Waals surface area (Å²) in [6.45, 7) is 0.450. The molecule has 1 aromatic rings. The maximum Gasteiger partial charge on any atom is 0.503 e. The predicted molar refractivity (Wildman–Crippen MR) is 46.4 cm³/mol. The van der Waals surface area contributed by atoms with E-state index < -0.39 is 32.8 Å². The van der Waals surface area contributed by atoms with Crippen LogP contribution in [0.1, 0.15) is 11.1 Å². The molecule has 0 amide bonds. The third-order valence-corrected chi connectivity index (χ3v) is 1.71. The summed E-state index contributed by atoms with van der Waals surface area (Å²) in [6.07, 6.45) is -3.64. The van der Waals surface area contributed by atoms with Crippen LogP contribution >= 0.6 is 0 Å². The molecule has 3 N–H and O–H groups in total. The normalized spacial score (nSPS) is 11.1. The van der Waals surface area contributed by atoms with Crippen LogP contribution in [0.2, 0.25) is 0 Å². The van der Waals surface area contributed by atoms with Crippen molar-refractivity contribution in [3.05, 3.63) is 35.4 Å². The van der Waals surface area contributed by atoms with Crippen molar-refractivity contribution >= 4 is 0 Å². The zero-order chi connectivity index (χ0) is 13.5. The average molecular weight is 365 g/mol. The Hall–Kier alpha value is -0.420. The van der Waals surface area contributed by atoms with E-state index in [0.717, 1.165) is 17.7 Å². The largest absolute Gasteiger partial charge is 0.503 e. The molecule has 4 nitrogen and oxygen atoms in total. The first-order chi connectivity index (χ1) is 7.77. The molecule has 0 aliphatic heterocycles. The van der Waals surface area contributed by atoms with E-state index in [0.29, 0.717) is 13.0 Å². The van der Waals surface area contributed by atoms with Gasteiger partial charge in [-0.05, 0) is 34.1 Å². The SMILES string of the molecule is NCCc1ccc(C(F)(F)F)cc1.[O-][I+2]([O-])O. The van der Waals surface area contributed by atoms with Gasteiger partial charge in [-0.25, -0.2) is 0 Å². The Balaban J connectivity index is 0.000000557. The first kappa shape index (κ1) is 16.6. The van der Waals surface area contributed by atoms with Gasteiger partial charge < -0.3 is 12.6 Å². The van der Waals surface area contributed by atoms with Crippen molar-refractivity contribution < 1.29 is 44.5 Å². The van der Waals surface area contributed by atoms with E-state index in [4.69, 9.17) is 16.0 Å². The molecular weight excluding hydrogens is 354 g/mol. The van der Waals surface area contributed by atoms with Gasteiger partial charge in [-0.2, -0.15) is 13.2 Å². The van der Waals surface area contributed by atoms with Crippen molar-refractivity contribution in [2.75, 3.05) is 6.54 Å². The summed E-state index contributed by atoms with van der Waals surface area (Å²) >= 11 is -3.76. The van der Waals surface area contributed by atoms with Crippen molar-refractivity contribution in [3.8, 4) is 0 Å². The molecule has 0 saturated carbocycles. The maximum absolute atomic E-state index is 12.1. The zero-order valence-corrected chi connectivity index (χ0v) is 10.7. The molecule has 0 aliphatic carbocycles. The fraction of sp³-hybridized carbons (Fsp3) is 0.333. The van der Waals surface area contributed by atoms with Gasteiger partial charge in [0.25, 0.3) is 0 Å². The van der Waals surface area contributed by atoms with Crippen LogP contribution in [0.25, 0.3) is 0 Å². The summed E-state index contributed by atoms with van der Waals surface area (Å²) in [7, 11) is 0. The molecular formula is C9H11F3INO3. The second-order valence-electron chi connectivity index (χ2n) is 2.93. The van der Waals surface area contributed by atoms with Crippen molar-refractivity contribution in [1.82, 2.24) is 0 Å². The molecule has 8 heteroatoms. The standard InChI is InChI=1S/C9H10F3N.HIO3/c10-9(11,12)8-3-1-7(2-4-8)5-6-13;2-1(3)4/h1-4H,5-6,13H2;2H. The summed E-state index contributed by atoms with van der Waals surface area (Å²) in [5.74, 6) is 0. The molecule has 0 unspecified atom stereocenters. The monoisotopic (exact) mass is 365 g/mol.